The molecule has 0 amide bonds. The fourth-order valence-corrected chi connectivity index (χ4v) is 1.93. The average Bonchev–Trinajstić information content (AvgIpc) is 2.89. The van der Waals surface area contributed by atoms with Crippen LogP contribution in [0.5, 0.6) is 11.5 Å². The van der Waals surface area contributed by atoms with Gasteiger partial charge in [0.1, 0.15) is 17.3 Å². The molecule has 0 spiro atoms. The molecule has 0 bridgehead atoms. The molecular formula is C15H12N2O2. The van der Waals surface area contributed by atoms with Crippen molar-refractivity contribution >= 4 is 0 Å². The molecule has 0 atom stereocenters. The van der Waals surface area contributed by atoms with Crippen molar-refractivity contribution in [1.29, 1.82) is 0 Å². The van der Waals surface area contributed by atoms with E-state index in [0.717, 1.165) is 11.3 Å². The standard InChI is InChI=1S/C15H12N2O2/c18-11-7-5-10(6-8-11)15-16-9-13(17-15)12-3-1-2-4-14(12)19/h1-9,18-19H,(H,16,17). The summed E-state index contributed by atoms with van der Waals surface area (Å²) in [5.74, 6) is 1.12. The molecule has 0 saturated heterocycles. The minimum Gasteiger partial charge on any atom is -0.508 e. The summed E-state index contributed by atoms with van der Waals surface area (Å²) in [5.41, 5.74) is 2.33. The lowest BCUT2D eigenvalue weighted by Crippen LogP contribution is -1.81. The van der Waals surface area contributed by atoms with E-state index < -0.39 is 0 Å². The van der Waals surface area contributed by atoms with Crippen LogP contribution < -0.4 is 0 Å². The van der Waals surface area contributed by atoms with E-state index in [4.69, 9.17) is 0 Å². The van der Waals surface area contributed by atoms with Crippen LogP contribution in [0.15, 0.2) is 54.7 Å². The van der Waals surface area contributed by atoms with Crippen LogP contribution in [0.25, 0.3) is 22.6 Å². The number of aromatic amines is 1. The van der Waals surface area contributed by atoms with Crippen molar-refractivity contribution in [2.45, 2.75) is 0 Å². The molecular weight excluding hydrogens is 240 g/mol. The van der Waals surface area contributed by atoms with Crippen molar-refractivity contribution in [3.05, 3.63) is 54.7 Å². The maximum Gasteiger partial charge on any atom is 0.137 e. The van der Waals surface area contributed by atoms with Crippen LogP contribution in [-0.4, -0.2) is 20.2 Å². The molecule has 4 heteroatoms. The van der Waals surface area contributed by atoms with Crippen molar-refractivity contribution in [2.75, 3.05) is 0 Å². The zero-order valence-electron chi connectivity index (χ0n) is 10.0. The van der Waals surface area contributed by atoms with E-state index in [2.05, 4.69) is 9.97 Å². The molecule has 1 heterocycles. The first-order valence-corrected chi connectivity index (χ1v) is 5.87. The third-order valence-corrected chi connectivity index (χ3v) is 2.91. The first-order chi connectivity index (χ1) is 9.24. The van der Waals surface area contributed by atoms with Gasteiger partial charge in [-0.05, 0) is 36.4 Å². The Bertz CT molecular complexity index is 702. The minimum absolute atomic E-state index is 0.211. The summed E-state index contributed by atoms with van der Waals surface area (Å²) in [4.78, 5) is 7.44. The molecule has 0 fully saturated rings. The Kier molecular flexibility index (Phi) is 2.68. The minimum atomic E-state index is 0.211. The zero-order chi connectivity index (χ0) is 13.2. The molecule has 0 radical (unpaired) electrons. The third kappa shape index (κ3) is 2.15. The number of imidazole rings is 1. The van der Waals surface area contributed by atoms with Gasteiger partial charge in [0.05, 0.1) is 11.9 Å². The molecule has 3 rings (SSSR count). The first-order valence-electron chi connectivity index (χ1n) is 5.87. The van der Waals surface area contributed by atoms with E-state index in [0.29, 0.717) is 11.4 Å². The topological polar surface area (TPSA) is 69.1 Å². The molecule has 1 aromatic heterocycles. The second kappa shape index (κ2) is 4.49. The average molecular weight is 252 g/mol. The largest absolute Gasteiger partial charge is 0.508 e. The summed E-state index contributed by atoms with van der Waals surface area (Å²) in [6.45, 7) is 0. The summed E-state index contributed by atoms with van der Waals surface area (Å²) in [6.07, 6.45) is 1.68. The summed E-state index contributed by atoms with van der Waals surface area (Å²) in [7, 11) is 0. The van der Waals surface area contributed by atoms with E-state index in [9.17, 15) is 10.2 Å². The lowest BCUT2D eigenvalue weighted by Gasteiger charge is -2.01. The number of H-pyrrole nitrogens is 1. The second-order valence-electron chi connectivity index (χ2n) is 4.21. The van der Waals surface area contributed by atoms with Crippen molar-refractivity contribution in [3.63, 3.8) is 0 Å². The highest BCUT2D eigenvalue weighted by Gasteiger charge is 2.08. The van der Waals surface area contributed by atoms with Gasteiger partial charge in [0, 0.05) is 11.1 Å². The van der Waals surface area contributed by atoms with Gasteiger partial charge in [0.2, 0.25) is 0 Å². The number of hydrogen-bond acceptors (Lipinski definition) is 3. The van der Waals surface area contributed by atoms with Gasteiger partial charge in [-0.3, -0.25) is 0 Å². The molecule has 2 aromatic carbocycles. The predicted octanol–water partition coefficient (Wildman–Crippen LogP) is 3.15. The van der Waals surface area contributed by atoms with Gasteiger partial charge in [-0.1, -0.05) is 12.1 Å². The normalized spacial score (nSPS) is 10.5. The van der Waals surface area contributed by atoms with Crippen LogP contribution in [0.1, 0.15) is 0 Å². The molecule has 0 aliphatic carbocycles. The number of hydrogen-bond donors (Lipinski definition) is 3. The van der Waals surface area contributed by atoms with E-state index >= 15 is 0 Å². The van der Waals surface area contributed by atoms with Crippen molar-refractivity contribution in [2.24, 2.45) is 0 Å². The van der Waals surface area contributed by atoms with Gasteiger partial charge in [0.15, 0.2) is 0 Å². The van der Waals surface area contributed by atoms with Gasteiger partial charge in [0.25, 0.3) is 0 Å². The van der Waals surface area contributed by atoms with Crippen LogP contribution in [0.4, 0.5) is 0 Å². The third-order valence-electron chi connectivity index (χ3n) is 2.91. The van der Waals surface area contributed by atoms with Crippen LogP contribution in [0.3, 0.4) is 0 Å². The van der Waals surface area contributed by atoms with Crippen LogP contribution >= 0.6 is 0 Å². The predicted molar refractivity (Wildman–Crippen MR) is 72.8 cm³/mol. The fourth-order valence-electron chi connectivity index (χ4n) is 1.93. The number of rotatable bonds is 2. The smallest absolute Gasteiger partial charge is 0.137 e. The number of benzene rings is 2. The quantitative estimate of drug-likeness (QED) is 0.656. The molecule has 0 unspecified atom stereocenters. The summed E-state index contributed by atoms with van der Waals surface area (Å²) in [5, 5.41) is 19.1. The zero-order valence-corrected chi connectivity index (χ0v) is 10.0. The van der Waals surface area contributed by atoms with E-state index in [-0.39, 0.29) is 11.5 Å². The number of nitrogens with one attached hydrogen (secondary N) is 1. The van der Waals surface area contributed by atoms with Crippen LogP contribution in [0, 0.1) is 0 Å². The Labute approximate surface area is 110 Å². The second-order valence-corrected chi connectivity index (χ2v) is 4.21. The molecule has 3 N–H and O–H groups in total. The number of aromatic nitrogens is 2. The molecule has 94 valence electrons. The van der Waals surface area contributed by atoms with Gasteiger partial charge in [-0.2, -0.15) is 0 Å². The fraction of sp³-hybridized carbons (Fsp3) is 0. The summed E-state index contributed by atoms with van der Waals surface area (Å²) < 4.78 is 0. The maximum atomic E-state index is 9.80. The SMILES string of the molecule is Oc1ccc(-c2ncc(-c3ccccc3O)[nH]2)cc1. The highest BCUT2D eigenvalue weighted by Crippen LogP contribution is 2.29. The van der Waals surface area contributed by atoms with Gasteiger partial charge in [-0.25, -0.2) is 4.98 Å². The Morgan fingerprint density at radius 3 is 2.37 bits per heavy atom. The van der Waals surface area contributed by atoms with Crippen molar-refractivity contribution in [1.82, 2.24) is 9.97 Å². The Hall–Kier alpha value is -2.75. The molecule has 0 aliphatic rings. The van der Waals surface area contributed by atoms with Gasteiger partial charge >= 0.3 is 0 Å². The van der Waals surface area contributed by atoms with E-state index in [1.807, 2.05) is 12.1 Å². The monoisotopic (exact) mass is 252 g/mol. The number of phenols is 2. The maximum absolute atomic E-state index is 9.80. The van der Waals surface area contributed by atoms with E-state index in [1.54, 1.807) is 42.6 Å². The Balaban J connectivity index is 2.00. The Morgan fingerprint density at radius 1 is 0.895 bits per heavy atom. The molecule has 0 aliphatic heterocycles. The lowest BCUT2D eigenvalue weighted by atomic mass is 10.1. The highest BCUT2D eigenvalue weighted by atomic mass is 16.3. The number of para-hydroxylation sites is 1. The van der Waals surface area contributed by atoms with Gasteiger partial charge in [-0.15, -0.1) is 0 Å². The first kappa shape index (κ1) is 11.3. The highest BCUT2D eigenvalue weighted by molar-refractivity contribution is 5.69. The van der Waals surface area contributed by atoms with Crippen molar-refractivity contribution in [3.8, 4) is 34.1 Å². The van der Waals surface area contributed by atoms with Crippen molar-refractivity contribution < 1.29 is 10.2 Å². The summed E-state index contributed by atoms with van der Waals surface area (Å²) in [6, 6.07) is 13.9. The molecule has 19 heavy (non-hydrogen) atoms. The Morgan fingerprint density at radius 2 is 1.63 bits per heavy atom. The van der Waals surface area contributed by atoms with Gasteiger partial charge < -0.3 is 15.2 Å². The van der Waals surface area contributed by atoms with Crippen LogP contribution in [-0.2, 0) is 0 Å². The van der Waals surface area contributed by atoms with Crippen LogP contribution in [0.2, 0.25) is 0 Å². The van der Waals surface area contributed by atoms with E-state index in [1.165, 1.54) is 0 Å². The summed E-state index contributed by atoms with van der Waals surface area (Å²) >= 11 is 0. The number of nitrogens with zero attached hydrogens (tertiary/aromatic N) is 1. The molecule has 0 saturated carbocycles. The molecule has 4 nitrogen and oxygen atoms in total. The molecule has 3 aromatic rings. The lowest BCUT2D eigenvalue weighted by molar-refractivity contribution is 0.475. The number of aromatic hydroxyl groups is 2. The number of phenolic OH excluding ortho intramolecular Hbond substituents is 2.